The molecule has 19 heavy (non-hydrogen) atoms. The third kappa shape index (κ3) is 5.18. The van der Waals surface area contributed by atoms with Gasteiger partial charge >= 0.3 is 5.97 Å². The van der Waals surface area contributed by atoms with Crippen LogP contribution >= 0.6 is 0 Å². The Morgan fingerprint density at radius 2 is 1.95 bits per heavy atom. The monoisotopic (exact) mass is 274 g/mol. The minimum atomic E-state index is -1.18. The molecule has 1 aromatic rings. The molecule has 8 nitrogen and oxygen atoms in total. The van der Waals surface area contributed by atoms with Gasteiger partial charge in [0, 0.05) is 17.3 Å². The van der Waals surface area contributed by atoms with Crippen molar-refractivity contribution in [1.29, 1.82) is 0 Å². The Morgan fingerprint density at radius 3 is 2.26 bits per heavy atom. The second-order valence-electron chi connectivity index (χ2n) is 3.64. The maximum Gasteiger partial charge on any atom is 0.322 e. The van der Waals surface area contributed by atoms with E-state index in [-0.39, 0.29) is 19.0 Å². The number of aliphatic hydroxyl groups excluding tert-OH is 3. The standard InChI is InChI=1S/C8H11NO3.C3H7NO3/c1-5-8(12)7(4-11)6(3-10)2-9-5;4-2(1-5)3(6)7/h2,10-12H,3-4H2,1H3;2,5H,1,4H2,(H,6,7). The van der Waals surface area contributed by atoms with E-state index in [9.17, 15) is 9.90 Å². The van der Waals surface area contributed by atoms with E-state index in [0.717, 1.165) is 0 Å². The molecule has 0 aliphatic heterocycles. The van der Waals surface area contributed by atoms with Crippen molar-refractivity contribution in [3.05, 3.63) is 23.0 Å². The fraction of sp³-hybridized carbons (Fsp3) is 0.455. The number of aliphatic carboxylic acids is 1. The molecule has 108 valence electrons. The number of carboxylic acids is 1. The topological polar surface area (TPSA) is 157 Å². The Kier molecular flexibility index (Phi) is 7.61. The number of aromatic hydroxyl groups is 1. The maximum atomic E-state index is 9.65. The van der Waals surface area contributed by atoms with E-state index in [4.69, 9.17) is 26.2 Å². The third-order valence-corrected chi connectivity index (χ3v) is 2.27. The molecular formula is C11H18N2O6. The molecule has 1 heterocycles. The van der Waals surface area contributed by atoms with Gasteiger partial charge in [-0.3, -0.25) is 9.78 Å². The number of hydrogen-bond acceptors (Lipinski definition) is 7. The molecular weight excluding hydrogens is 256 g/mol. The first-order chi connectivity index (χ1) is 8.88. The Morgan fingerprint density at radius 1 is 1.37 bits per heavy atom. The van der Waals surface area contributed by atoms with E-state index >= 15 is 0 Å². The molecule has 1 rings (SSSR count). The summed E-state index contributed by atoms with van der Waals surface area (Å²) in [6.07, 6.45) is 1.45. The van der Waals surface area contributed by atoms with Gasteiger partial charge < -0.3 is 31.3 Å². The van der Waals surface area contributed by atoms with Gasteiger partial charge in [-0.25, -0.2) is 0 Å². The van der Waals surface area contributed by atoms with E-state index in [1.54, 1.807) is 6.92 Å². The second kappa shape index (κ2) is 8.38. The quantitative estimate of drug-likeness (QED) is 0.386. The molecule has 1 aromatic heterocycles. The molecule has 0 saturated carbocycles. The average molecular weight is 274 g/mol. The van der Waals surface area contributed by atoms with Crippen molar-refractivity contribution in [2.45, 2.75) is 26.2 Å². The largest absolute Gasteiger partial charge is 0.506 e. The zero-order valence-corrected chi connectivity index (χ0v) is 10.4. The minimum absolute atomic E-state index is 0.0379. The van der Waals surface area contributed by atoms with Crippen LogP contribution in [0.4, 0.5) is 0 Å². The van der Waals surface area contributed by atoms with Crippen LogP contribution in [0.1, 0.15) is 16.8 Å². The number of carboxylic acid groups (broad SMARTS) is 1. The summed E-state index contributed by atoms with van der Waals surface area (Å²) in [5, 5.41) is 42.9. The number of aryl methyl sites for hydroxylation is 1. The van der Waals surface area contributed by atoms with E-state index < -0.39 is 18.6 Å². The number of nitrogens with two attached hydrogens (primary N) is 1. The van der Waals surface area contributed by atoms with Crippen LogP contribution in [0.5, 0.6) is 5.75 Å². The molecule has 0 radical (unpaired) electrons. The molecule has 0 aromatic carbocycles. The first-order valence-electron chi connectivity index (χ1n) is 5.36. The number of aliphatic hydroxyl groups is 3. The molecule has 0 aliphatic carbocycles. The van der Waals surface area contributed by atoms with Gasteiger partial charge in [-0.2, -0.15) is 0 Å². The van der Waals surface area contributed by atoms with Crippen LogP contribution < -0.4 is 5.73 Å². The number of rotatable bonds is 4. The summed E-state index contributed by atoms with van der Waals surface area (Å²) in [5.41, 5.74) is 6.03. The fourth-order valence-electron chi connectivity index (χ4n) is 1.08. The normalized spacial score (nSPS) is 11.4. The molecule has 1 atom stereocenters. The van der Waals surface area contributed by atoms with Crippen molar-refractivity contribution in [3.63, 3.8) is 0 Å². The summed E-state index contributed by atoms with van der Waals surface area (Å²) in [4.78, 5) is 13.5. The first kappa shape index (κ1) is 17.3. The molecule has 0 bridgehead atoms. The van der Waals surface area contributed by atoms with Gasteiger partial charge in [0.1, 0.15) is 11.8 Å². The molecule has 0 amide bonds. The summed E-state index contributed by atoms with van der Waals surface area (Å²) >= 11 is 0. The number of aromatic nitrogens is 1. The number of hydrogen-bond donors (Lipinski definition) is 6. The van der Waals surface area contributed by atoms with Crippen LogP contribution in [0.25, 0.3) is 0 Å². The number of nitrogens with zero attached hydrogens (tertiary/aromatic N) is 1. The molecule has 8 heteroatoms. The second-order valence-corrected chi connectivity index (χ2v) is 3.64. The van der Waals surface area contributed by atoms with Gasteiger partial charge in [0.2, 0.25) is 0 Å². The minimum Gasteiger partial charge on any atom is -0.506 e. The van der Waals surface area contributed by atoms with Gasteiger partial charge in [0.05, 0.1) is 25.5 Å². The number of carbonyl (C=O) groups is 1. The van der Waals surface area contributed by atoms with Crippen LogP contribution in [-0.2, 0) is 18.0 Å². The Bertz CT molecular complexity index is 424. The van der Waals surface area contributed by atoms with E-state index in [1.165, 1.54) is 6.20 Å². The molecule has 0 fully saturated rings. The summed E-state index contributed by atoms with van der Waals surface area (Å²) in [6, 6.07) is -1.13. The molecule has 1 unspecified atom stereocenters. The third-order valence-electron chi connectivity index (χ3n) is 2.27. The highest BCUT2D eigenvalue weighted by Gasteiger charge is 2.09. The molecule has 0 spiro atoms. The number of pyridine rings is 1. The summed E-state index contributed by atoms with van der Waals surface area (Å²) < 4.78 is 0. The predicted molar refractivity (Wildman–Crippen MR) is 65.2 cm³/mol. The maximum absolute atomic E-state index is 9.65. The van der Waals surface area contributed by atoms with Gasteiger partial charge in [-0.1, -0.05) is 0 Å². The molecule has 7 N–H and O–H groups in total. The molecule has 0 aliphatic rings. The zero-order valence-electron chi connectivity index (χ0n) is 10.4. The van der Waals surface area contributed by atoms with Gasteiger partial charge in [-0.15, -0.1) is 0 Å². The summed E-state index contributed by atoms with van der Waals surface area (Å²) in [7, 11) is 0. The Balaban J connectivity index is 0.000000399. The van der Waals surface area contributed by atoms with Gasteiger partial charge in [0.15, 0.2) is 0 Å². The molecule has 0 saturated heterocycles. The van der Waals surface area contributed by atoms with Crippen LogP contribution in [0.2, 0.25) is 0 Å². The van der Waals surface area contributed by atoms with E-state index in [2.05, 4.69) is 4.98 Å². The van der Waals surface area contributed by atoms with Crippen molar-refractivity contribution in [2.24, 2.45) is 5.73 Å². The lowest BCUT2D eigenvalue weighted by Gasteiger charge is -2.07. The van der Waals surface area contributed by atoms with Crippen molar-refractivity contribution in [1.82, 2.24) is 4.98 Å². The van der Waals surface area contributed by atoms with Crippen molar-refractivity contribution >= 4 is 5.97 Å². The highest BCUT2D eigenvalue weighted by Crippen LogP contribution is 2.23. The highest BCUT2D eigenvalue weighted by molar-refractivity contribution is 5.73. The smallest absolute Gasteiger partial charge is 0.322 e. The zero-order chi connectivity index (χ0) is 15.0. The van der Waals surface area contributed by atoms with Crippen LogP contribution in [0, 0.1) is 6.92 Å². The van der Waals surface area contributed by atoms with Crippen LogP contribution in [0.3, 0.4) is 0 Å². The van der Waals surface area contributed by atoms with Crippen molar-refractivity contribution < 1.29 is 30.3 Å². The Labute approximate surface area is 109 Å². The highest BCUT2D eigenvalue weighted by atomic mass is 16.4. The van der Waals surface area contributed by atoms with E-state index in [0.29, 0.717) is 16.8 Å². The van der Waals surface area contributed by atoms with Crippen molar-refractivity contribution in [3.8, 4) is 5.75 Å². The lowest BCUT2D eigenvalue weighted by Crippen LogP contribution is -2.33. The lowest BCUT2D eigenvalue weighted by molar-refractivity contribution is -0.139. The first-order valence-corrected chi connectivity index (χ1v) is 5.36. The van der Waals surface area contributed by atoms with Crippen molar-refractivity contribution in [2.75, 3.05) is 6.61 Å². The van der Waals surface area contributed by atoms with Gasteiger partial charge in [0.25, 0.3) is 0 Å². The lowest BCUT2D eigenvalue weighted by atomic mass is 10.1. The Hall–Kier alpha value is -1.74. The van der Waals surface area contributed by atoms with Crippen LogP contribution in [-0.4, -0.2) is 49.1 Å². The van der Waals surface area contributed by atoms with Crippen LogP contribution in [0.15, 0.2) is 6.20 Å². The SMILES string of the molecule is Cc1ncc(CO)c(CO)c1O.NC(CO)C(=O)O. The fourth-order valence-corrected chi connectivity index (χ4v) is 1.08. The predicted octanol–water partition coefficient (Wildman–Crippen LogP) is -1.53. The van der Waals surface area contributed by atoms with E-state index in [1.807, 2.05) is 0 Å². The van der Waals surface area contributed by atoms with Gasteiger partial charge in [-0.05, 0) is 6.92 Å². The summed E-state index contributed by atoms with van der Waals surface area (Å²) in [5.74, 6) is -1.22. The summed E-state index contributed by atoms with van der Waals surface area (Å²) in [6.45, 7) is 0.618. The average Bonchev–Trinajstić information content (AvgIpc) is 2.41.